The van der Waals surface area contributed by atoms with E-state index in [0.717, 1.165) is 36.9 Å². The van der Waals surface area contributed by atoms with Crippen molar-refractivity contribution >= 4 is 16.6 Å². The summed E-state index contributed by atoms with van der Waals surface area (Å²) in [6.45, 7) is 0.388. The Morgan fingerprint density at radius 2 is 1.52 bits per heavy atom. The summed E-state index contributed by atoms with van der Waals surface area (Å²) in [5.41, 5.74) is 9.92. The van der Waals surface area contributed by atoms with E-state index in [1.165, 1.54) is 29.2 Å². The maximum Gasteiger partial charge on any atom is 0.184 e. The van der Waals surface area contributed by atoms with Gasteiger partial charge in [0.25, 0.3) is 0 Å². The van der Waals surface area contributed by atoms with E-state index >= 15 is 0 Å². The van der Waals surface area contributed by atoms with Crippen LogP contribution in [0.15, 0.2) is 54.6 Å². The van der Waals surface area contributed by atoms with Crippen LogP contribution in [0.2, 0.25) is 0 Å². The van der Waals surface area contributed by atoms with Crippen molar-refractivity contribution in [1.29, 1.82) is 0 Å². The minimum atomic E-state index is 0.0965. The summed E-state index contributed by atoms with van der Waals surface area (Å²) in [5, 5.41) is 2.66. The van der Waals surface area contributed by atoms with E-state index in [4.69, 9.17) is 5.73 Å². The lowest BCUT2D eigenvalue weighted by Gasteiger charge is -2.29. The largest absolute Gasteiger partial charge is 0.325 e. The molecule has 29 heavy (non-hydrogen) atoms. The van der Waals surface area contributed by atoms with Gasteiger partial charge >= 0.3 is 0 Å². The molecule has 2 aliphatic carbocycles. The molecule has 0 radical (unpaired) electrons. The Kier molecular flexibility index (Phi) is 4.92. The van der Waals surface area contributed by atoms with Gasteiger partial charge < -0.3 is 5.73 Å². The van der Waals surface area contributed by atoms with Crippen LogP contribution >= 0.6 is 0 Å². The highest BCUT2D eigenvalue weighted by Gasteiger charge is 2.34. The molecule has 2 N–H and O–H groups in total. The Labute approximate surface area is 172 Å². The van der Waals surface area contributed by atoms with E-state index < -0.39 is 0 Å². The average molecular weight is 385 g/mol. The van der Waals surface area contributed by atoms with Gasteiger partial charge in [0.05, 0.1) is 5.69 Å². The van der Waals surface area contributed by atoms with Crippen LogP contribution < -0.4 is 5.73 Å². The van der Waals surface area contributed by atoms with E-state index in [2.05, 4.69) is 53.5 Å². The standard InChI is InChI=1S/C26H28N2O/c27-16-21-14-15-24(19-8-9-19)25(28-21)26(29)20-12-10-18(11-13-20)23-7-3-5-17-4-1-2-6-22(17)23/h1-7,14-15,18-20H,8-13,16,27H2. The summed E-state index contributed by atoms with van der Waals surface area (Å²) in [5.74, 6) is 1.41. The predicted molar refractivity (Wildman–Crippen MR) is 117 cm³/mol. The number of nitrogens with two attached hydrogens (primary N) is 1. The van der Waals surface area contributed by atoms with Gasteiger partial charge in [-0.25, -0.2) is 4.98 Å². The minimum absolute atomic E-state index is 0.0965. The molecule has 0 bridgehead atoms. The first kappa shape index (κ1) is 18.5. The molecule has 2 saturated carbocycles. The van der Waals surface area contributed by atoms with Crippen molar-refractivity contribution in [2.75, 3.05) is 0 Å². The minimum Gasteiger partial charge on any atom is -0.325 e. The van der Waals surface area contributed by atoms with Gasteiger partial charge in [0.2, 0.25) is 0 Å². The van der Waals surface area contributed by atoms with Gasteiger partial charge in [-0.2, -0.15) is 0 Å². The number of aromatic nitrogens is 1. The van der Waals surface area contributed by atoms with Gasteiger partial charge in [0, 0.05) is 12.5 Å². The lowest BCUT2D eigenvalue weighted by Crippen LogP contribution is -2.24. The highest BCUT2D eigenvalue weighted by molar-refractivity contribution is 5.98. The Morgan fingerprint density at radius 1 is 0.828 bits per heavy atom. The number of nitrogens with zero attached hydrogens (tertiary/aromatic N) is 1. The molecule has 2 fully saturated rings. The summed E-state index contributed by atoms with van der Waals surface area (Å²) >= 11 is 0. The highest BCUT2D eigenvalue weighted by Crippen LogP contribution is 2.44. The molecule has 2 aliphatic rings. The van der Waals surface area contributed by atoms with Crippen molar-refractivity contribution in [3.63, 3.8) is 0 Å². The Bertz CT molecular complexity index is 1040. The first-order chi connectivity index (χ1) is 14.2. The number of carbonyl (C=O) groups excluding carboxylic acids is 1. The molecule has 3 heteroatoms. The zero-order valence-electron chi connectivity index (χ0n) is 16.8. The molecule has 0 spiro atoms. The number of ketones is 1. The van der Waals surface area contributed by atoms with E-state index in [-0.39, 0.29) is 11.7 Å². The molecular formula is C26H28N2O. The van der Waals surface area contributed by atoms with Gasteiger partial charge in [0.15, 0.2) is 5.78 Å². The fourth-order valence-corrected chi connectivity index (χ4v) is 5.01. The van der Waals surface area contributed by atoms with Crippen LogP contribution in [0.3, 0.4) is 0 Å². The zero-order valence-corrected chi connectivity index (χ0v) is 16.8. The van der Waals surface area contributed by atoms with Crippen molar-refractivity contribution in [1.82, 2.24) is 4.98 Å². The molecule has 0 atom stereocenters. The number of carbonyl (C=O) groups is 1. The molecule has 0 unspecified atom stereocenters. The van der Waals surface area contributed by atoms with Gasteiger partial charge in [-0.15, -0.1) is 0 Å². The number of pyridine rings is 1. The van der Waals surface area contributed by atoms with Crippen LogP contribution in [0.25, 0.3) is 10.8 Å². The summed E-state index contributed by atoms with van der Waals surface area (Å²) < 4.78 is 0. The molecule has 5 rings (SSSR count). The van der Waals surface area contributed by atoms with Crippen LogP contribution in [0.4, 0.5) is 0 Å². The summed E-state index contributed by atoms with van der Waals surface area (Å²) in [4.78, 5) is 18.0. The normalized spacial score (nSPS) is 22.0. The third kappa shape index (κ3) is 3.60. The second kappa shape index (κ2) is 7.72. The molecule has 3 nitrogen and oxygen atoms in total. The van der Waals surface area contributed by atoms with Gasteiger partial charge in [0.1, 0.15) is 5.69 Å². The quantitative estimate of drug-likeness (QED) is 0.572. The fourth-order valence-electron chi connectivity index (χ4n) is 5.01. The van der Waals surface area contributed by atoms with Gasteiger partial charge in [-0.05, 0) is 78.3 Å². The third-order valence-corrected chi connectivity index (χ3v) is 6.80. The fraction of sp³-hybridized carbons (Fsp3) is 0.385. The number of hydrogen-bond acceptors (Lipinski definition) is 3. The predicted octanol–water partition coefficient (Wildman–Crippen LogP) is 5.73. The summed E-state index contributed by atoms with van der Waals surface area (Å²) in [7, 11) is 0. The first-order valence-electron chi connectivity index (χ1n) is 11.0. The van der Waals surface area contributed by atoms with Crippen LogP contribution in [0.5, 0.6) is 0 Å². The van der Waals surface area contributed by atoms with Crippen molar-refractivity contribution in [2.45, 2.75) is 56.9 Å². The summed E-state index contributed by atoms with van der Waals surface area (Å²) in [6, 6.07) is 19.3. The lowest BCUT2D eigenvalue weighted by molar-refractivity contribution is 0.0877. The summed E-state index contributed by atoms with van der Waals surface area (Å²) in [6.07, 6.45) is 6.39. The van der Waals surface area contributed by atoms with E-state index in [9.17, 15) is 4.79 Å². The Balaban J connectivity index is 1.35. The number of benzene rings is 2. The topological polar surface area (TPSA) is 56.0 Å². The Morgan fingerprint density at radius 3 is 2.28 bits per heavy atom. The molecular weight excluding hydrogens is 356 g/mol. The third-order valence-electron chi connectivity index (χ3n) is 6.80. The monoisotopic (exact) mass is 384 g/mol. The molecule has 0 saturated heterocycles. The SMILES string of the molecule is NCc1ccc(C2CC2)c(C(=O)C2CCC(c3cccc4ccccc34)CC2)n1. The van der Waals surface area contributed by atoms with Crippen molar-refractivity contribution in [3.8, 4) is 0 Å². The number of rotatable bonds is 5. The molecule has 3 aromatic rings. The second-order valence-corrected chi connectivity index (χ2v) is 8.70. The smallest absolute Gasteiger partial charge is 0.184 e. The molecule has 148 valence electrons. The van der Waals surface area contributed by atoms with Crippen LogP contribution in [0.1, 0.15) is 77.7 Å². The Hall–Kier alpha value is -2.52. The molecule has 1 heterocycles. The second-order valence-electron chi connectivity index (χ2n) is 8.70. The molecule has 2 aromatic carbocycles. The first-order valence-corrected chi connectivity index (χ1v) is 11.0. The molecule has 1 aromatic heterocycles. The van der Waals surface area contributed by atoms with Crippen molar-refractivity contribution in [3.05, 3.63) is 77.1 Å². The van der Waals surface area contributed by atoms with E-state index in [0.29, 0.717) is 24.1 Å². The van der Waals surface area contributed by atoms with E-state index in [1.807, 2.05) is 6.07 Å². The highest BCUT2D eigenvalue weighted by atomic mass is 16.1. The van der Waals surface area contributed by atoms with Crippen LogP contribution in [0, 0.1) is 5.92 Å². The molecule has 0 amide bonds. The zero-order chi connectivity index (χ0) is 19.8. The maximum absolute atomic E-state index is 13.4. The average Bonchev–Trinajstić information content (AvgIpc) is 3.63. The van der Waals surface area contributed by atoms with Crippen molar-refractivity contribution < 1.29 is 4.79 Å². The van der Waals surface area contributed by atoms with Crippen LogP contribution in [-0.2, 0) is 6.54 Å². The van der Waals surface area contributed by atoms with Crippen LogP contribution in [-0.4, -0.2) is 10.8 Å². The molecule has 0 aliphatic heterocycles. The number of hydrogen-bond donors (Lipinski definition) is 1. The lowest BCUT2D eigenvalue weighted by atomic mass is 9.75. The number of Topliss-reactive ketones (excluding diaryl/α,β-unsaturated/α-hetero) is 1. The van der Waals surface area contributed by atoms with Gasteiger partial charge in [-0.3, -0.25) is 4.79 Å². The maximum atomic E-state index is 13.4. The van der Waals surface area contributed by atoms with Crippen molar-refractivity contribution in [2.24, 2.45) is 11.7 Å². The van der Waals surface area contributed by atoms with Gasteiger partial charge in [-0.1, -0.05) is 48.5 Å². The number of fused-ring (bicyclic) bond motifs is 1. The van der Waals surface area contributed by atoms with E-state index in [1.54, 1.807) is 0 Å².